The summed E-state index contributed by atoms with van der Waals surface area (Å²) in [5, 5.41) is 30.0. The lowest BCUT2D eigenvalue weighted by atomic mass is 10.1. The van der Waals surface area contributed by atoms with E-state index in [2.05, 4.69) is 10.2 Å². The SMILES string of the molecule is CS(=O)(=O)c1cc([N+](=O)[O-])ccc1/N=N/c1cc(Cl)c(O)c2ccccc12. The van der Waals surface area contributed by atoms with E-state index in [4.69, 9.17) is 11.6 Å². The maximum absolute atomic E-state index is 12.0. The second-order valence-electron chi connectivity index (χ2n) is 5.65. The van der Waals surface area contributed by atoms with Crippen LogP contribution in [0.2, 0.25) is 5.02 Å². The molecule has 0 atom stereocenters. The standard InChI is InChI=1S/C17H12ClN3O5S/c1-27(25,26)16-8-10(21(23)24)6-7-14(16)19-20-15-9-13(18)17(22)12-5-3-2-4-11(12)15/h2-9,22H,1H3/b20-19+. The first-order valence-corrected chi connectivity index (χ1v) is 9.76. The lowest BCUT2D eigenvalue weighted by Crippen LogP contribution is -1.99. The highest BCUT2D eigenvalue weighted by Gasteiger charge is 2.19. The van der Waals surface area contributed by atoms with Crippen molar-refractivity contribution in [2.24, 2.45) is 10.2 Å². The molecule has 10 heteroatoms. The minimum atomic E-state index is -3.78. The molecular formula is C17H12ClN3O5S. The highest BCUT2D eigenvalue weighted by molar-refractivity contribution is 7.90. The lowest BCUT2D eigenvalue weighted by Gasteiger charge is -2.06. The van der Waals surface area contributed by atoms with Gasteiger partial charge in [0.1, 0.15) is 16.3 Å². The second kappa shape index (κ2) is 6.93. The van der Waals surface area contributed by atoms with E-state index < -0.39 is 14.8 Å². The smallest absolute Gasteiger partial charge is 0.270 e. The molecule has 0 radical (unpaired) electrons. The van der Waals surface area contributed by atoms with Crippen LogP contribution in [0.5, 0.6) is 5.75 Å². The van der Waals surface area contributed by atoms with Crippen molar-refractivity contribution < 1.29 is 18.4 Å². The van der Waals surface area contributed by atoms with Gasteiger partial charge in [-0.15, -0.1) is 10.2 Å². The molecule has 3 aromatic carbocycles. The number of sulfone groups is 1. The molecule has 1 N–H and O–H groups in total. The number of benzene rings is 3. The maximum atomic E-state index is 12.0. The highest BCUT2D eigenvalue weighted by atomic mass is 35.5. The van der Waals surface area contributed by atoms with Crippen LogP contribution in [0.1, 0.15) is 0 Å². The molecule has 27 heavy (non-hydrogen) atoms. The highest BCUT2D eigenvalue weighted by Crippen LogP contribution is 2.39. The van der Waals surface area contributed by atoms with Crippen molar-refractivity contribution in [2.75, 3.05) is 6.26 Å². The van der Waals surface area contributed by atoms with Gasteiger partial charge in [0, 0.05) is 29.2 Å². The van der Waals surface area contributed by atoms with E-state index in [-0.39, 0.29) is 27.0 Å². The molecule has 0 unspecified atom stereocenters. The van der Waals surface area contributed by atoms with E-state index in [1.165, 1.54) is 12.1 Å². The normalized spacial score (nSPS) is 11.9. The second-order valence-corrected chi connectivity index (χ2v) is 8.04. The van der Waals surface area contributed by atoms with E-state index >= 15 is 0 Å². The van der Waals surface area contributed by atoms with Gasteiger partial charge in [0.15, 0.2) is 9.84 Å². The first kappa shape index (κ1) is 18.7. The van der Waals surface area contributed by atoms with Gasteiger partial charge < -0.3 is 5.11 Å². The minimum Gasteiger partial charge on any atom is -0.506 e. The van der Waals surface area contributed by atoms with Crippen LogP contribution in [0, 0.1) is 10.1 Å². The average molecular weight is 406 g/mol. The van der Waals surface area contributed by atoms with Crippen LogP contribution in [0.3, 0.4) is 0 Å². The Morgan fingerprint density at radius 1 is 1.04 bits per heavy atom. The maximum Gasteiger partial charge on any atom is 0.270 e. The largest absolute Gasteiger partial charge is 0.506 e. The molecule has 0 aliphatic heterocycles. The lowest BCUT2D eigenvalue weighted by molar-refractivity contribution is -0.385. The molecule has 0 amide bonds. The first-order valence-electron chi connectivity index (χ1n) is 7.49. The Bertz CT molecular complexity index is 1210. The summed E-state index contributed by atoms with van der Waals surface area (Å²) >= 11 is 6.01. The van der Waals surface area contributed by atoms with Crippen molar-refractivity contribution in [3.63, 3.8) is 0 Å². The molecule has 0 aromatic heterocycles. The van der Waals surface area contributed by atoms with Gasteiger partial charge in [-0.05, 0) is 12.1 Å². The molecule has 3 aromatic rings. The Morgan fingerprint density at radius 2 is 1.67 bits per heavy atom. The van der Waals surface area contributed by atoms with Gasteiger partial charge in [-0.1, -0.05) is 35.9 Å². The number of phenols is 1. The quantitative estimate of drug-likeness (QED) is 0.374. The van der Waals surface area contributed by atoms with Crippen molar-refractivity contribution in [2.45, 2.75) is 4.90 Å². The number of hydrogen-bond donors (Lipinski definition) is 1. The minimum absolute atomic E-state index is 0.0450. The van der Waals surface area contributed by atoms with Gasteiger partial charge in [-0.3, -0.25) is 10.1 Å². The number of halogens is 1. The monoisotopic (exact) mass is 405 g/mol. The zero-order chi connectivity index (χ0) is 19.8. The number of phenolic OH excluding ortho intramolecular Hbond substituents is 1. The number of nitro groups is 1. The summed E-state index contributed by atoms with van der Waals surface area (Å²) in [5.74, 6) is -0.0987. The van der Waals surface area contributed by atoms with Gasteiger partial charge in [0.2, 0.25) is 0 Å². The zero-order valence-corrected chi connectivity index (χ0v) is 15.4. The van der Waals surface area contributed by atoms with Gasteiger partial charge >= 0.3 is 0 Å². The summed E-state index contributed by atoms with van der Waals surface area (Å²) in [6.45, 7) is 0. The zero-order valence-electron chi connectivity index (χ0n) is 13.8. The third kappa shape index (κ3) is 3.74. The Labute approximate surface area is 158 Å². The summed E-state index contributed by atoms with van der Waals surface area (Å²) in [4.78, 5) is 9.90. The molecule has 138 valence electrons. The fourth-order valence-corrected chi connectivity index (χ4v) is 3.52. The molecule has 0 heterocycles. The molecule has 0 saturated carbocycles. The van der Waals surface area contributed by atoms with Crippen LogP contribution in [-0.4, -0.2) is 24.7 Å². The molecule has 0 saturated heterocycles. The van der Waals surface area contributed by atoms with E-state index in [9.17, 15) is 23.6 Å². The summed E-state index contributed by atoms with van der Waals surface area (Å²) in [6, 6.07) is 11.5. The molecule has 0 aliphatic carbocycles. The van der Waals surface area contributed by atoms with E-state index in [1.807, 2.05) is 0 Å². The number of rotatable bonds is 4. The van der Waals surface area contributed by atoms with Crippen molar-refractivity contribution in [3.05, 3.63) is 63.7 Å². The first-order chi connectivity index (χ1) is 12.7. The van der Waals surface area contributed by atoms with Gasteiger partial charge in [-0.2, -0.15) is 0 Å². The summed E-state index contributed by atoms with van der Waals surface area (Å²) in [7, 11) is -3.78. The third-order valence-electron chi connectivity index (χ3n) is 3.77. The molecular weight excluding hydrogens is 394 g/mol. The number of non-ortho nitro benzene ring substituents is 1. The average Bonchev–Trinajstić information content (AvgIpc) is 2.62. The number of hydrogen-bond acceptors (Lipinski definition) is 7. The summed E-state index contributed by atoms with van der Waals surface area (Å²) < 4.78 is 23.9. The Kier molecular flexibility index (Phi) is 4.81. The van der Waals surface area contributed by atoms with Gasteiger partial charge in [-0.25, -0.2) is 8.42 Å². The molecule has 8 nitrogen and oxygen atoms in total. The van der Waals surface area contributed by atoms with Crippen molar-refractivity contribution >= 4 is 49.3 Å². The molecule has 0 aliphatic rings. The fourth-order valence-electron chi connectivity index (χ4n) is 2.49. The van der Waals surface area contributed by atoms with Crippen LogP contribution in [-0.2, 0) is 9.84 Å². The number of nitro benzene ring substituents is 1. The predicted octanol–water partition coefficient (Wildman–Crippen LogP) is 4.93. The van der Waals surface area contributed by atoms with Crippen molar-refractivity contribution in [1.82, 2.24) is 0 Å². The third-order valence-corrected chi connectivity index (χ3v) is 5.18. The Morgan fingerprint density at radius 3 is 2.30 bits per heavy atom. The van der Waals surface area contributed by atoms with E-state index in [0.717, 1.165) is 18.4 Å². The molecule has 0 bridgehead atoms. The summed E-state index contributed by atoms with van der Waals surface area (Å²) in [5.41, 5.74) is -0.102. The topological polar surface area (TPSA) is 122 Å². The van der Waals surface area contributed by atoms with Gasteiger partial charge in [0.05, 0.1) is 15.6 Å². The summed E-state index contributed by atoms with van der Waals surface area (Å²) in [6.07, 6.45) is 0.928. The number of aromatic hydroxyl groups is 1. The van der Waals surface area contributed by atoms with Crippen LogP contribution >= 0.6 is 11.6 Å². The Hall–Kier alpha value is -3.04. The van der Waals surface area contributed by atoms with Crippen LogP contribution in [0.25, 0.3) is 10.8 Å². The van der Waals surface area contributed by atoms with Crippen LogP contribution in [0.4, 0.5) is 17.1 Å². The van der Waals surface area contributed by atoms with E-state index in [0.29, 0.717) is 16.5 Å². The number of fused-ring (bicyclic) bond motifs is 1. The predicted molar refractivity (Wildman–Crippen MR) is 101 cm³/mol. The Balaban J connectivity index is 2.16. The van der Waals surface area contributed by atoms with Gasteiger partial charge in [0.25, 0.3) is 5.69 Å². The van der Waals surface area contributed by atoms with E-state index in [1.54, 1.807) is 24.3 Å². The van der Waals surface area contributed by atoms with Crippen LogP contribution < -0.4 is 0 Å². The molecule has 0 fully saturated rings. The molecule has 3 rings (SSSR count). The fraction of sp³-hybridized carbons (Fsp3) is 0.0588. The van der Waals surface area contributed by atoms with Crippen molar-refractivity contribution in [1.29, 1.82) is 0 Å². The molecule has 0 spiro atoms. The number of azo groups is 1. The van der Waals surface area contributed by atoms with Crippen LogP contribution in [0.15, 0.2) is 63.7 Å². The van der Waals surface area contributed by atoms with Crippen molar-refractivity contribution in [3.8, 4) is 5.75 Å². The number of nitrogens with zero attached hydrogens (tertiary/aromatic N) is 3.